The van der Waals surface area contributed by atoms with Gasteiger partial charge in [-0.2, -0.15) is 4.98 Å². The first-order valence-corrected chi connectivity index (χ1v) is 8.22. The quantitative estimate of drug-likeness (QED) is 0.861. The van der Waals surface area contributed by atoms with E-state index in [-0.39, 0.29) is 11.8 Å². The fourth-order valence-electron chi connectivity index (χ4n) is 2.80. The van der Waals surface area contributed by atoms with Crippen molar-refractivity contribution in [3.63, 3.8) is 0 Å². The van der Waals surface area contributed by atoms with Crippen LogP contribution < -0.4 is 15.5 Å². The molecule has 0 saturated carbocycles. The number of aromatic nitrogens is 1. The van der Waals surface area contributed by atoms with Crippen LogP contribution in [0.1, 0.15) is 10.4 Å². The molecule has 1 saturated heterocycles. The monoisotopic (exact) mass is 329 g/mol. The summed E-state index contributed by atoms with van der Waals surface area (Å²) in [5, 5.41) is 12.4. The summed E-state index contributed by atoms with van der Waals surface area (Å²) in [4.78, 5) is 23.2. The van der Waals surface area contributed by atoms with Gasteiger partial charge in [0.1, 0.15) is 4.88 Å². The Balaban J connectivity index is 1.85. The maximum Gasteiger partial charge on any atom is 0.279 e. The van der Waals surface area contributed by atoms with Crippen LogP contribution in [0, 0.1) is 6.92 Å². The Morgan fingerprint density at radius 3 is 2.87 bits per heavy atom. The second-order valence-corrected chi connectivity index (χ2v) is 6.54. The molecule has 1 aromatic heterocycles. The van der Waals surface area contributed by atoms with Crippen molar-refractivity contribution in [1.82, 2.24) is 4.98 Å². The molecule has 0 aliphatic carbocycles. The summed E-state index contributed by atoms with van der Waals surface area (Å²) < 4.78 is 5.33. The number of rotatable bonds is 2. The lowest BCUT2D eigenvalue weighted by atomic mass is 10.1. The highest BCUT2D eigenvalue weighted by Gasteiger charge is 2.26. The highest BCUT2D eigenvalue weighted by molar-refractivity contribution is 7.17. The summed E-state index contributed by atoms with van der Waals surface area (Å²) in [6.07, 6.45) is 0. The van der Waals surface area contributed by atoms with Gasteiger partial charge in [0.2, 0.25) is 5.88 Å². The van der Waals surface area contributed by atoms with Gasteiger partial charge in [0, 0.05) is 18.3 Å². The van der Waals surface area contributed by atoms with Crippen LogP contribution in [0.5, 0.6) is 5.88 Å². The van der Waals surface area contributed by atoms with E-state index >= 15 is 0 Å². The molecule has 0 radical (unpaired) electrons. The summed E-state index contributed by atoms with van der Waals surface area (Å²) in [5.41, 5.74) is 1.49. The van der Waals surface area contributed by atoms with E-state index in [1.807, 2.05) is 25.1 Å². The lowest BCUT2D eigenvalue weighted by molar-refractivity contribution is -0.112. The van der Waals surface area contributed by atoms with Gasteiger partial charge in [-0.15, -0.1) is 0 Å². The molecule has 2 aliphatic rings. The van der Waals surface area contributed by atoms with Crippen LogP contribution >= 0.6 is 11.3 Å². The molecule has 1 N–H and O–H groups in total. The van der Waals surface area contributed by atoms with Crippen molar-refractivity contribution in [2.45, 2.75) is 6.92 Å². The number of carbonyl (C=O) groups excluding carboxylic acids is 1. The minimum Gasteiger partial charge on any atom is -0.492 e. The van der Waals surface area contributed by atoms with Crippen molar-refractivity contribution in [3.8, 4) is 5.88 Å². The predicted octanol–water partition coefficient (Wildman–Crippen LogP) is 0.353. The van der Waals surface area contributed by atoms with Crippen LogP contribution in [0.2, 0.25) is 0 Å². The van der Waals surface area contributed by atoms with E-state index in [9.17, 15) is 9.90 Å². The van der Waals surface area contributed by atoms with Crippen LogP contribution in [0.4, 0.5) is 5.13 Å². The Morgan fingerprint density at radius 2 is 2.09 bits per heavy atom. The van der Waals surface area contributed by atoms with Gasteiger partial charge >= 0.3 is 0 Å². The average Bonchev–Trinajstić information content (AvgIpc) is 3.07. The number of aromatic hydroxyl groups is 1. The molecule has 0 spiro atoms. The van der Waals surface area contributed by atoms with Gasteiger partial charge in [-0.05, 0) is 19.1 Å². The Bertz CT molecular complexity index is 913. The predicted molar refractivity (Wildman–Crippen MR) is 86.3 cm³/mol. The standard InChI is InChI=1S/C16H15N3O3S/c1-9-2-3-11-10(8-9)12(14(20)17-11)13-15(21)18-16(23-13)19-4-6-22-7-5-19/h2-3,8,21H,4-7H2,1H3. The van der Waals surface area contributed by atoms with Crippen LogP contribution in [0.3, 0.4) is 0 Å². The van der Waals surface area contributed by atoms with Gasteiger partial charge in [0.05, 0.1) is 24.1 Å². The zero-order valence-electron chi connectivity index (χ0n) is 12.6. The first-order valence-electron chi connectivity index (χ1n) is 7.40. The summed E-state index contributed by atoms with van der Waals surface area (Å²) >= 11 is 1.33. The van der Waals surface area contributed by atoms with E-state index in [0.717, 1.165) is 23.9 Å². The molecule has 1 amide bonds. The van der Waals surface area contributed by atoms with Crippen molar-refractivity contribution < 1.29 is 14.6 Å². The number of morpholine rings is 1. The van der Waals surface area contributed by atoms with E-state index in [2.05, 4.69) is 14.9 Å². The number of amides is 1. The Hall–Kier alpha value is -2.25. The minimum absolute atomic E-state index is 0.107. The number of ether oxygens (including phenoxy) is 1. The third-order valence-electron chi connectivity index (χ3n) is 3.96. The largest absolute Gasteiger partial charge is 0.492 e. The first kappa shape index (κ1) is 14.3. The molecule has 2 aromatic rings. The molecule has 23 heavy (non-hydrogen) atoms. The van der Waals surface area contributed by atoms with Gasteiger partial charge in [0.25, 0.3) is 5.91 Å². The highest BCUT2D eigenvalue weighted by Crippen LogP contribution is 2.36. The first-order chi connectivity index (χ1) is 11.1. The maximum absolute atomic E-state index is 12.3. The number of hydrogen-bond acceptors (Lipinski definition) is 6. The van der Waals surface area contributed by atoms with Crippen molar-refractivity contribution in [3.05, 3.63) is 39.2 Å². The highest BCUT2D eigenvalue weighted by atomic mass is 32.1. The fourth-order valence-corrected chi connectivity index (χ4v) is 3.86. The lowest BCUT2D eigenvalue weighted by Gasteiger charge is -2.25. The van der Waals surface area contributed by atoms with E-state index in [4.69, 9.17) is 4.74 Å². The van der Waals surface area contributed by atoms with Crippen molar-refractivity contribution in [1.29, 1.82) is 0 Å². The van der Waals surface area contributed by atoms with Crippen molar-refractivity contribution >= 4 is 27.9 Å². The smallest absolute Gasteiger partial charge is 0.279 e. The van der Waals surface area contributed by atoms with E-state index < -0.39 is 0 Å². The SMILES string of the molecule is Cc1ccc2c(c1)=C(c1sc(N3CCOCC3)nc1O)C(=O)N=2. The molecule has 7 heteroatoms. The molecular weight excluding hydrogens is 314 g/mol. The molecule has 1 fully saturated rings. The van der Waals surface area contributed by atoms with Gasteiger partial charge in [-0.3, -0.25) is 4.79 Å². The Morgan fingerprint density at radius 1 is 1.30 bits per heavy atom. The topological polar surface area (TPSA) is 75.0 Å². The number of aryl methyl sites for hydroxylation is 1. The lowest BCUT2D eigenvalue weighted by Crippen LogP contribution is -2.36. The number of carbonyl (C=O) groups is 1. The molecule has 0 unspecified atom stereocenters. The normalized spacial score (nSPS) is 17.3. The Labute approximate surface area is 136 Å². The zero-order valence-corrected chi connectivity index (χ0v) is 13.4. The minimum atomic E-state index is -0.321. The molecule has 4 rings (SSSR count). The van der Waals surface area contributed by atoms with Gasteiger partial charge in [-0.25, -0.2) is 4.99 Å². The molecule has 1 aromatic carbocycles. The zero-order chi connectivity index (χ0) is 16.0. The fraction of sp³-hybridized carbons (Fsp3) is 0.312. The number of benzene rings is 1. The molecule has 0 bridgehead atoms. The van der Waals surface area contributed by atoms with Crippen LogP contribution in [0.25, 0.3) is 5.57 Å². The van der Waals surface area contributed by atoms with Crippen LogP contribution in [-0.4, -0.2) is 42.3 Å². The number of fused-ring (bicyclic) bond motifs is 1. The molecule has 2 aliphatic heterocycles. The van der Waals surface area contributed by atoms with Crippen molar-refractivity contribution in [2.75, 3.05) is 31.2 Å². The third kappa shape index (κ3) is 2.42. The number of thiazole rings is 1. The van der Waals surface area contributed by atoms with Crippen LogP contribution in [-0.2, 0) is 9.53 Å². The number of nitrogens with zero attached hydrogens (tertiary/aromatic N) is 3. The number of hydrogen-bond donors (Lipinski definition) is 1. The summed E-state index contributed by atoms with van der Waals surface area (Å²) in [7, 11) is 0. The summed E-state index contributed by atoms with van der Waals surface area (Å²) in [6, 6.07) is 5.67. The molecule has 0 atom stereocenters. The maximum atomic E-state index is 12.3. The molecule has 6 nitrogen and oxygen atoms in total. The van der Waals surface area contributed by atoms with E-state index in [1.54, 1.807) is 0 Å². The second kappa shape index (κ2) is 5.43. The Kier molecular flexibility index (Phi) is 3.39. The van der Waals surface area contributed by atoms with Gasteiger partial charge in [-0.1, -0.05) is 23.0 Å². The summed E-state index contributed by atoms with van der Waals surface area (Å²) in [5.74, 6) is -0.428. The van der Waals surface area contributed by atoms with Gasteiger partial charge in [0.15, 0.2) is 5.13 Å². The third-order valence-corrected chi connectivity index (χ3v) is 5.09. The number of anilines is 1. The molecular formula is C16H15N3O3S. The molecule has 118 valence electrons. The van der Waals surface area contributed by atoms with Crippen molar-refractivity contribution in [2.24, 2.45) is 4.99 Å². The summed E-state index contributed by atoms with van der Waals surface area (Å²) in [6.45, 7) is 4.71. The van der Waals surface area contributed by atoms with E-state index in [0.29, 0.717) is 34.2 Å². The van der Waals surface area contributed by atoms with Crippen LogP contribution in [0.15, 0.2) is 23.2 Å². The second-order valence-electron chi connectivity index (χ2n) is 5.56. The van der Waals surface area contributed by atoms with Gasteiger partial charge < -0.3 is 14.7 Å². The van der Waals surface area contributed by atoms with E-state index in [1.165, 1.54) is 11.3 Å². The average molecular weight is 329 g/mol. The molecule has 3 heterocycles.